The lowest BCUT2D eigenvalue weighted by Crippen LogP contribution is -2.13. The molecule has 0 unspecified atom stereocenters. The van der Waals surface area contributed by atoms with E-state index in [0.717, 1.165) is 5.39 Å². The smallest absolute Gasteiger partial charge is 0.134 e. The minimum absolute atomic E-state index is 0.143. The highest BCUT2D eigenvalue weighted by Crippen LogP contribution is 2.19. The summed E-state index contributed by atoms with van der Waals surface area (Å²) in [6, 6.07) is 4.56. The molecule has 0 saturated heterocycles. The van der Waals surface area contributed by atoms with Gasteiger partial charge in [0, 0.05) is 17.8 Å². The standard InChI is InChI=1S/C10H8FN3/c11-8-2-1-6-5-14-4-3-7(6)9(8)10(12)13/h1-5H,(H3,12,13). The Morgan fingerprint density at radius 3 is 2.86 bits per heavy atom. The summed E-state index contributed by atoms with van der Waals surface area (Å²) in [5.41, 5.74) is 5.45. The van der Waals surface area contributed by atoms with Crippen LogP contribution < -0.4 is 5.73 Å². The van der Waals surface area contributed by atoms with E-state index in [1.54, 1.807) is 24.5 Å². The molecule has 2 aromatic rings. The molecule has 0 radical (unpaired) electrons. The van der Waals surface area contributed by atoms with E-state index in [0.29, 0.717) is 5.39 Å². The van der Waals surface area contributed by atoms with Crippen molar-refractivity contribution in [3.63, 3.8) is 0 Å². The Morgan fingerprint density at radius 2 is 2.14 bits per heavy atom. The molecule has 0 spiro atoms. The van der Waals surface area contributed by atoms with E-state index in [1.165, 1.54) is 6.07 Å². The van der Waals surface area contributed by atoms with Gasteiger partial charge in [-0.2, -0.15) is 0 Å². The van der Waals surface area contributed by atoms with Crippen molar-refractivity contribution in [2.24, 2.45) is 5.73 Å². The van der Waals surface area contributed by atoms with Crippen LogP contribution in [0.15, 0.2) is 30.6 Å². The van der Waals surface area contributed by atoms with Crippen LogP contribution in [0.3, 0.4) is 0 Å². The number of nitrogen functional groups attached to an aromatic ring is 1. The summed E-state index contributed by atoms with van der Waals surface area (Å²) >= 11 is 0. The van der Waals surface area contributed by atoms with Gasteiger partial charge in [-0.25, -0.2) is 4.39 Å². The van der Waals surface area contributed by atoms with Gasteiger partial charge in [-0.15, -0.1) is 0 Å². The number of hydrogen-bond donors (Lipinski definition) is 2. The van der Waals surface area contributed by atoms with E-state index in [4.69, 9.17) is 11.1 Å². The van der Waals surface area contributed by atoms with E-state index in [1.807, 2.05) is 0 Å². The molecule has 0 aliphatic rings. The lowest BCUT2D eigenvalue weighted by Gasteiger charge is -2.05. The van der Waals surface area contributed by atoms with Gasteiger partial charge in [0.1, 0.15) is 11.7 Å². The fraction of sp³-hybridized carbons (Fsp3) is 0. The summed E-state index contributed by atoms with van der Waals surface area (Å²) < 4.78 is 13.3. The van der Waals surface area contributed by atoms with Gasteiger partial charge in [0.05, 0.1) is 5.56 Å². The van der Waals surface area contributed by atoms with Gasteiger partial charge in [0.2, 0.25) is 0 Å². The van der Waals surface area contributed by atoms with Crippen molar-refractivity contribution in [2.75, 3.05) is 0 Å². The van der Waals surface area contributed by atoms with Crippen molar-refractivity contribution in [3.8, 4) is 0 Å². The number of amidine groups is 1. The fourth-order valence-electron chi connectivity index (χ4n) is 1.42. The van der Waals surface area contributed by atoms with Gasteiger partial charge in [-0.3, -0.25) is 10.4 Å². The number of fused-ring (bicyclic) bond motifs is 1. The predicted octanol–water partition coefficient (Wildman–Crippen LogP) is 1.66. The molecule has 1 heterocycles. The summed E-state index contributed by atoms with van der Waals surface area (Å²) in [7, 11) is 0. The largest absolute Gasteiger partial charge is 0.384 e. The molecular weight excluding hydrogens is 181 g/mol. The summed E-state index contributed by atoms with van der Waals surface area (Å²) in [4.78, 5) is 3.91. The number of halogens is 1. The number of rotatable bonds is 1. The average molecular weight is 189 g/mol. The van der Waals surface area contributed by atoms with Gasteiger partial charge in [-0.05, 0) is 23.6 Å². The van der Waals surface area contributed by atoms with Crippen molar-refractivity contribution in [1.82, 2.24) is 4.98 Å². The number of benzene rings is 1. The third kappa shape index (κ3) is 1.21. The molecule has 2 rings (SSSR count). The molecule has 1 aromatic heterocycles. The maximum atomic E-state index is 13.3. The van der Waals surface area contributed by atoms with Crippen molar-refractivity contribution < 1.29 is 4.39 Å². The average Bonchev–Trinajstić information content (AvgIpc) is 2.17. The predicted molar refractivity (Wildman–Crippen MR) is 52.7 cm³/mol. The minimum atomic E-state index is -0.476. The maximum Gasteiger partial charge on any atom is 0.134 e. The van der Waals surface area contributed by atoms with Crippen LogP contribution in [-0.2, 0) is 0 Å². The summed E-state index contributed by atoms with van der Waals surface area (Å²) in [5.74, 6) is -0.740. The molecule has 0 bridgehead atoms. The Morgan fingerprint density at radius 1 is 1.36 bits per heavy atom. The molecule has 3 nitrogen and oxygen atoms in total. The number of pyridine rings is 1. The fourth-order valence-corrected chi connectivity index (χ4v) is 1.42. The Balaban J connectivity index is 2.90. The monoisotopic (exact) mass is 189 g/mol. The molecule has 0 fully saturated rings. The quantitative estimate of drug-likeness (QED) is 0.529. The third-order valence-corrected chi connectivity index (χ3v) is 2.04. The van der Waals surface area contributed by atoms with Gasteiger partial charge >= 0.3 is 0 Å². The van der Waals surface area contributed by atoms with E-state index in [9.17, 15) is 4.39 Å². The van der Waals surface area contributed by atoms with E-state index < -0.39 is 5.82 Å². The number of nitrogens with one attached hydrogen (secondary N) is 1. The molecule has 0 amide bonds. The van der Waals surface area contributed by atoms with Crippen molar-refractivity contribution >= 4 is 16.6 Å². The molecule has 0 aliphatic carbocycles. The highest BCUT2D eigenvalue weighted by atomic mass is 19.1. The first-order valence-electron chi connectivity index (χ1n) is 4.07. The van der Waals surface area contributed by atoms with Crippen LogP contribution in [0.25, 0.3) is 10.8 Å². The van der Waals surface area contributed by atoms with Gasteiger partial charge in [0.25, 0.3) is 0 Å². The van der Waals surface area contributed by atoms with Crippen LogP contribution >= 0.6 is 0 Å². The maximum absolute atomic E-state index is 13.3. The Hall–Kier alpha value is -1.97. The molecule has 0 aliphatic heterocycles. The zero-order valence-electron chi connectivity index (χ0n) is 7.29. The Bertz CT molecular complexity index is 508. The summed E-state index contributed by atoms with van der Waals surface area (Å²) in [6.07, 6.45) is 3.16. The molecule has 0 saturated carbocycles. The lowest BCUT2D eigenvalue weighted by molar-refractivity contribution is 0.627. The van der Waals surface area contributed by atoms with Crippen LogP contribution in [0, 0.1) is 11.2 Å². The van der Waals surface area contributed by atoms with Gasteiger partial charge < -0.3 is 5.73 Å². The lowest BCUT2D eigenvalue weighted by atomic mass is 10.1. The zero-order chi connectivity index (χ0) is 10.1. The van der Waals surface area contributed by atoms with Gasteiger partial charge in [-0.1, -0.05) is 0 Å². The molecular formula is C10H8FN3. The number of aromatic nitrogens is 1. The second kappa shape index (κ2) is 3.06. The molecule has 0 atom stereocenters. The van der Waals surface area contributed by atoms with Crippen molar-refractivity contribution in [2.45, 2.75) is 0 Å². The normalized spacial score (nSPS) is 10.4. The van der Waals surface area contributed by atoms with Crippen LogP contribution in [0.4, 0.5) is 4.39 Å². The highest BCUT2D eigenvalue weighted by Gasteiger charge is 2.09. The van der Waals surface area contributed by atoms with Crippen LogP contribution in [0.2, 0.25) is 0 Å². The molecule has 4 heteroatoms. The molecule has 3 N–H and O–H groups in total. The Labute approximate surface area is 79.9 Å². The topological polar surface area (TPSA) is 62.8 Å². The van der Waals surface area contributed by atoms with E-state index >= 15 is 0 Å². The first-order valence-corrected chi connectivity index (χ1v) is 4.07. The first-order chi connectivity index (χ1) is 6.70. The van der Waals surface area contributed by atoms with E-state index in [2.05, 4.69) is 4.98 Å². The number of nitrogens with zero attached hydrogens (tertiary/aromatic N) is 1. The number of nitrogens with two attached hydrogens (primary N) is 1. The second-order valence-corrected chi connectivity index (χ2v) is 2.93. The SMILES string of the molecule is N=C(N)c1c(F)ccc2cnccc12. The van der Waals surface area contributed by atoms with E-state index in [-0.39, 0.29) is 11.4 Å². The van der Waals surface area contributed by atoms with Gasteiger partial charge in [0.15, 0.2) is 0 Å². The second-order valence-electron chi connectivity index (χ2n) is 2.93. The Kier molecular flexibility index (Phi) is 1.89. The molecule has 70 valence electrons. The van der Waals surface area contributed by atoms with Crippen LogP contribution in [-0.4, -0.2) is 10.8 Å². The van der Waals surface area contributed by atoms with Crippen LogP contribution in [0.5, 0.6) is 0 Å². The zero-order valence-corrected chi connectivity index (χ0v) is 7.29. The first kappa shape index (κ1) is 8.62. The molecule has 1 aromatic carbocycles. The summed E-state index contributed by atoms with van der Waals surface area (Å²) in [6.45, 7) is 0. The summed E-state index contributed by atoms with van der Waals surface area (Å²) in [5, 5.41) is 8.67. The van der Waals surface area contributed by atoms with Crippen molar-refractivity contribution in [1.29, 1.82) is 5.41 Å². The van der Waals surface area contributed by atoms with Crippen LogP contribution in [0.1, 0.15) is 5.56 Å². The number of hydrogen-bond acceptors (Lipinski definition) is 2. The highest BCUT2D eigenvalue weighted by molar-refractivity contribution is 6.07. The third-order valence-electron chi connectivity index (χ3n) is 2.04. The minimum Gasteiger partial charge on any atom is -0.384 e. The van der Waals surface area contributed by atoms with Crippen molar-refractivity contribution in [3.05, 3.63) is 42.0 Å². The molecule has 14 heavy (non-hydrogen) atoms.